The van der Waals surface area contributed by atoms with E-state index < -0.39 is 23.7 Å². The summed E-state index contributed by atoms with van der Waals surface area (Å²) < 4.78 is 13.7. The number of hydrogen-bond acceptors (Lipinski definition) is 2. The van der Waals surface area contributed by atoms with Gasteiger partial charge in [0.1, 0.15) is 0 Å². The van der Waals surface area contributed by atoms with E-state index in [0.29, 0.717) is 0 Å². The number of halogens is 4. The molecule has 0 N–H and O–H groups in total. The Morgan fingerprint density at radius 2 is 1.56 bits per heavy atom. The lowest BCUT2D eigenvalue weighted by Gasteiger charge is -2.11. The topological polar surface area (TPSA) is 34.1 Å². The molecule has 0 radical (unpaired) electrons. The van der Waals surface area contributed by atoms with Crippen molar-refractivity contribution in [2.24, 2.45) is 5.92 Å². The normalized spacial score (nSPS) is 12.6. The van der Waals surface area contributed by atoms with Crippen molar-refractivity contribution in [3.8, 4) is 0 Å². The van der Waals surface area contributed by atoms with Crippen LogP contribution >= 0.6 is 34.8 Å². The summed E-state index contributed by atoms with van der Waals surface area (Å²) in [7, 11) is 0. The summed E-state index contributed by atoms with van der Waals surface area (Å²) in [4.78, 5) is 23.3. The number of hydrogen-bond donors (Lipinski definition) is 0. The van der Waals surface area contributed by atoms with Gasteiger partial charge in [0.2, 0.25) is 12.0 Å². The summed E-state index contributed by atoms with van der Waals surface area (Å²) in [5.74, 6) is -2.43. The van der Waals surface area contributed by atoms with E-state index in [9.17, 15) is 14.0 Å². The van der Waals surface area contributed by atoms with Gasteiger partial charge in [0.25, 0.3) is 0 Å². The largest absolute Gasteiger partial charge is 0.296 e. The molecule has 0 aliphatic heterocycles. The smallest absolute Gasteiger partial charge is 0.221 e. The molecule has 0 amide bonds. The number of carbonyl (C=O) groups is 2. The number of rotatable bonds is 4. The molecule has 0 bridgehead atoms. The highest BCUT2D eigenvalue weighted by Gasteiger charge is 2.31. The molecule has 98 valence electrons. The van der Waals surface area contributed by atoms with Crippen LogP contribution in [0.2, 0.25) is 15.1 Å². The molecule has 6 heteroatoms. The van der Waals surface area contributed by atoms with Gasteiger partial charge in [-0.05, 0) is 12.1 Å². The lowest BCUT2D eigenvalue weighted by molar-refractivity contribution is -0.125. The van der Waals surface area contributed by atoms with Crippen LogP contribution in [0.4, 0.5) is 4.39 Å². The molecule has 0 aliphatic carbocycles. The number of ketones is 2. The van der Waals surface area contributed by atoms with E-state index in [1.807, 2.05) is 0 Å². The van der Waals surface area contributed by atoms with E-state index in [4.69, 9.17) is 34.8 Å². The second-order valence-corrected chi connectivity index (χ2v) is 5.28. The second kappa shape index (κ2) is 6.00. The van der Waals surface area contributed by atoms with Crippen LogP contribution < -0.4 is 0 Å². The predicted octanol–water partition coefficient (Wildman–Crippen LogP) is 4.39. The number of Topliss-reactive ketones (excluding diaryl/α,β-unsaturated/α-hetero) is 2. The standard InChI is InChI=1S/C12H10Cl3FO2/c1-5(2)11(17)10(16)12(18)9-7(14)3-6(13)4-8(9)15/h3-5,10H,1-2H3. The lowest BCUT2D eigenvalue weighted by Crippen LogP contribution is -2.29. The quantitative estimate of drug-likeness (QED) is 0.610. The first-order valence-electron chi connectivity index (χ1n) is 5.12. The van der Waals surface area contributed by atoms with E-state index in [1.54, 1.807) is 0 Å². The number of benzene rings is 1. The van der Waals surface area contributed by atoms with Crippen molar-refractivity contribution < 1.29 is 14.0 Å². The van der Waals surface area contributed by atoms with Crippen molar-refractivity contribution in [3.63, 3.8) is 0 Å². The molecule has 0 heterocycles. The molecule has 2 nitrogen and oxygen atoms in total. The minimum Gasteiger partial charge on any atom is -0.296 e. The molecule has 1 unspecified atom stereocenters. The summed E-state index contributed by atoms with van der Waals surface area (Å²) in [6, 6.07) is 2.55. The van der Waals surface area contributed by atoms with Crippen LogP contribution in [0.5, 0.6) is 0 Å². The highest BCUT2D eigenvalue weighted by Crippen LogP contribution is 2.30. The van der Waals surface area contributed by atoms with Crippen molar-refractivity contribution in [2.45, 2.75) is 20.0 Å². The summed E-state index contributed by atoms with van der Waals surface area (Å²) >= 11 is 17.3. The van der Waals surface area contributed by atoms with Crippen LogP contribution in [0.1, 0.15) is 24.2 Å². The second-order valence-electron chi connectivity index (χ2n) is 4.03. The van der Waals surface area contributed by atoms with E-state index in [2.05, 4.69) is 0 Å². The third kappa shape index (κ3) is 3.22. The monoisotopic (exact) mass is 310 g/mol. The highest BCUT2D eigenvalue weighted by atomic mass is 35.5. The molecule has 1 rings (SSSR count). The third-order valence-corrected chi connectivity index (χ3v) is 3.12. The van der Waals surface area contributed by atoms with Crippen LogP contribution in [0, 0.1) is 5.92 Å². The molecule has 0 spiro atoms. The van der Waals surface area contributed by atoms with E-state index in [-0.39, 0.29) is 20.6 Å². The van der Waals surface area contributed by atoms with Crippen LogP contribution in [0.25, 0.3) is 0 Å². The lowest BCUT2D eigenvalue weighted by atomic mass is 9.98. The Morgan fingerprint density at radius 3 is 1.94 bits per heavy atom. The Kier molecular flexibility index (Phi) is 5.14. The summed E-state index contributed by atoms with van der Waals surface area (Å²) in [5, 5.41) is 0.0838. The Morgan fingerprint density at radius 1 is 1.11 bits per heavy atom. The molecular formula is C12H10Cl3FO2. The van der Waals surface area contributed by atoms with Gasteiger partial charge in [-0.2, -0.15) is 0 Å². The molecule has 18 heavy (non-hydrogen) atoms. The van der Waals surface area contributed by atoms with Gasteiger partial charge >= 0.3 is 0 Å². The summed E-state index contributed by atoms with van der Waals surface area (Å²) in [6.07, 6.45) is -2.26. The van der Waals surface area contributed by atoms with Gasteiger partial charge in [-0.3, -0.25) is 9.59 Å². The zero-order valence-corrected chi connectivity index (χ0v) is 11.9. The van der Waals surface area contributed by atoms with Crippen molar-refractivity contribution in [1.82, 2.24) is 0 Å². The van der Waals surface area contributed by atoms with Gasteiger partial charge in [-0.1, -0.05) is 48.7 Å². The molecule has 1 aromatic carbocycles. The highest BCUT2D eigenvalue weighted by molar-refractivity contribution is 6.43. The van der Waals surface area contributed by atoms with E-state index in [1.165, 1.54) is 26.0 Å². The Hall–Kier alpha value is -0.640. The minimum absolute atomic E-state index is 0.0725. The molecule has 1 atom stereocenters. The fourth-order valence-electron chi connectivity index (χ4n) is 1.33. The van der Waals surface area contributed by atoms with Crippen LogP contribution in [0.15, 0.2) is 12.1 Å². The Bertz CT molecular complexity index is 477. The predicted molar refractivity (Wildman–Crippen MR) is 70.5 cm³/mol. The van der Waals surface area contributed by atoms with Gasteiger partial charge in [0.05, 0.1) is 15.6 Å². The van der Waals surface area contributed by atoms with Gasteiger partial charge in [-0.25, -0.2) is 4.39 Å². The van der Waals surface area contributed by atoms with Gasteiger partial charge < -0.3 is 0 Å². The first-order valence-corrected chi connectivity index (χ1v) is 6.25. The summed E-state index contributed by atoms with van der Waals surface area (Å²) in [5.41, 5.74) is -0.218. The molecule has 0 fully saturated rings. The first-order chi connectivity index (χ1) is 8.25. The first kappa shape index (κ1) is 15.4. The van der Waals surface area contributed by atoms with Gasteiger partial charge in [-0.15, -0.1) is 0 Å². The molecule has 0 saturated heterocycles. The number of carbonyl (C=O) groups excluding carboxylic acids is 2. The average Bonchev–Trinajstić information content (AvgIpc) is 2.25. The maximum Gasteiger partial charge on any atom is 0.221 e. The maximum absolute atomic E-state index is 13.7. The average molecular weight is 312 g/mol. The van der Waals surface area contributed by atoms with E-state index >= 15 is 0 Å². The van der Waals surface area contributed by atoms with Crippen molar-refractivity contribution in [1.29, 1.82) is 0 Å². The SMILES string of the molecule is CC(C)C(=O)C(F)C(=O)c1c(Cl)cc(Cl)cc1Cl. The zero-order chi connectivity index (χ0) is 14.0. The molecular weight excluding hydrogens is 301 g/mol. The Balaban J connectivity index is 3.16. The van der Waals surface area contributed by atoms with Crippen molar-refractivity contribution in [2.75, 3.05) is 0 Å². The fraction of sp³-hybridized carbons (Fsp3) is 0.333. The van der Waals surface area contributed by atoms with E-state index in [0.717, 1.165) is 0 Å². The van der Waals surface area contributed by atoms with Crippen molar-refractivity contribution in [3.05, 3.63) is 32.8 Å². The number of alkyl halides is 1. The summed E-state index contributed by atoms with van der Waals surface area (Å²) in [6.45, 7) is 3.01. The minimum atomic E-state index is -2.26. The Labute approximate surface area is 119 Å². The third-order valence-electron chi connectivity index (χ3n) is 2.30. The molecule has 0 aromatic heterocycles. The molecule has 1 aromatic rings. The van der Waals surface area contributed by atoms with Crippen LogP contribution in [0.3, 0.4) is 0 Å². The fourth-order valence-corrected chi connectivity index (χ4v) is 2.33. The molecule has 0 aliphatic rings. The van der Waals surface area contributed by atoms with Gasteiger partial charge in [0.15, 0.2) is 5.78 Å². The van der Waals surface area contributed by atoms with Gasteiger partial charge in [0, 0.05) is 10.9 Å². The maximum atomic E-state index is 13.7. The van der Waals surface area contributed by atoms with Crippen LogP contribution in [-0.2, 0) is 4.79 Å². The van der Waals surface area contributed by atoms with Crippen molar-refractivity contribution >= 4 is 46.4 Å². The molecule has 0 saturated carbocycles. The van der Waals surface area contributed by atoms with Crippen LogP contribution in [-0.4, -0.2) is 17.7 Å². The zero-order valence-electron chi connectivity index (χ0n) is 9.64.